The van der Waals surface area contributed by atoms with Gasteiger partial charge >= 0.3 is 5.97 Å². The zero-order chi connectivity index (χ0) is 28.3. The first-order valence-electron chi connectivity index (χ1n) is 13.0. The first-order chi connectivity index (χ1) is 20.0. The molecule has 2 N–H and O–H groups in total. The minimum absolute atomic E-state index is 0.216. The van der Waals surface area contributed by atoms with Gasteiger partial charge in [0.15, 0.2) is 5.11 Å². The number of hydrogen-bond acceptors (Lipinski definition) is 5. The lowest BCUT2D eigenvalue weighted by Crippen LogP contribution is -2.30. The molecule has 0 spiro atoms. The molecule has 9 heteroatoms. The molecule has 41 heavy (non-hydrogen) atoms. The number of rotatable bonds is 8. The van der Waals surface area contributed by atoms with Crippen LogP contribution in [0.4, 0.5) is 5.69 Å². The Kier molecular flexibility index (Phi) is 7.09. The molecule has 0 radical (unpaired) electrons. The highest BCUT2D eigenvalue weighted by Gasteiger charge is 2.42. The van der Waals surface area contributed by atoms with Crippen molar-refractivity contribution >= 4 is 29.0 Å². The van der Waals surface area contributed by atoms with E-state index in [1.165, 1.54) is 0 Å². The van der Waals surface area contributed by atoms with E-state index in [4.69, 9.17) is 21.7 Å². The van der Waals surface area contributed by atoms with Crippen molar-refractivity contribution in [2.45, 2.75) is 12.1 Å². The van der Waals surface area contributed by atoms with Gasteiger partial charge in [0, 0.05) is 29.5 Å². The molecule has 6 rings (SSSR count). The van der Waals surface area contributed by atoms with Gasteiger partial charge in [0.05, 0.1) is 24.4 Å². The van der Waals surface area contributed by atoms with E-state index in [0.717, 1.165) is 28.5 Å². The number of nitrogens with one attached hydrogen (secondary N) is 1. The number of carboxylic acids is 1. The van der Waals surface area contributed by atoms with Gasteiger partial charge in [-0.25, -0.2) is 4.79 Å². The summed E-state index contributed by atoms with van der Waals surface area (Å²) in [5.41, 5.74) is 3.60. The topological polar surface area (TPSA) is 88.9 Å². The van der Waals surface area contributed by atoms with Crippen LogP contribution in [0.15, 0.2) is 116 Å². The lowest BCUT2D eigenvalue weighted by Gasteiger charge is -2.29. The highest BCUT2D eigenvalue weighted by Crippen LogP contribution is 2.42. The SMILES string of the molecule is COc1ccc(Oc2ccc(N3C(=S)N[C@H](c4ccccn4)[C@@H]3c3cccn3-c3cccc(C(=O)O)c3)cc2)cc1. The maximum atomic E-state index is 11.7. The fourth-order valence-electron chi connectivity index (χ4n) is 5.05. The number of carboxylic acid groups (broad SMARTS) is 1. The smallest absolute Gasteiger partial charge is 0.335 e. The van der Waals surface area contributed by atoms with Crippen LogP contribution in [-0.2, 0) is 0 Å². The van der Waals surface area contributed by atoms with Crippen molar-refractivity contribution in [2.24, 2.45) is 0 Å². The second kappa shape index (κ2) is 11.1. The molecule has 0 unspecified atom stereocenters. The minimum Gasteiger partial charge on any atom is -0.497 e. The molecule has 0 bridgehead atoms. The normalized spacial score (nSPS) is 16.3. The molecule has 0 aliphatic carbocycles. The number of nitrogens with zero attached hydrogens (tertiary/aromatic N) is 3. The number of methoxy groups -OCH3 is 1. The molecule has 1 aliphatic rings. The highest BCUT2D eigenvalue weighted by molar-refractivity contribution is 7.80. The predicted octanol–water partition coefficient (Wildman–Crippen LogP) is 6.55. The van der Waals surface area contributed by atoms with Crippen LogP contribution >= 0.6 is 12.2 Å². The average Bonchev–Trinajstić information content (AvgIpc) is 3.63. The van der Waals surface area contributed by atoms with Gasteiger partial charge in [-0.2, -0.15) is 0 Å². The Balaban J connectivity index is 1.38. The molecule has 1 fully saturated rings. The molecule has 1 saturated heterocycles. The van der Waals surface area contributed by atoms with Crippen molar-refractivity contribution in [3.8, 4) is 22.9 Å². The Hall–Kier alpha value is -5.15. The number of thiocarbonyl (C=S) groups is 1. The fraction of sp³-hybridized carbons (Fsp3) is 0.0938. The number of pyridine rings is 1. The van der Waals surface area contributed by atoms with Gasteiger partial charge in [0.25, 0.3) is 0 Å². The average molecular weight is 563 g/mol. The number of ether oxygens (including phenoxy) is 2. The largest absolute Gasteiger partial charge is 0.497 e. The number of benzene rings is 3. The van der Waals surface area contributed by atoms with Crippen LogP contribution in [0, 0.1) is 0 Å². The highest BCUT2D eigenvalue weighted by atomic mass is 32.1. The number of carbonyl (C=O) groups is 1. The van der Waals surface area contributed by atoms with E-state index in [9.17, 15) is 9.90 Å². The van der Waals surface area contributed by atoms with E-state index in [2.05, 4.69) is 15.2 Å². The molecule has 2 atom stereocenters. The second-order valence-corrected chi connectivity index (χ2v) is 9.81. The molecular weight excluding hydrogens is 536 g/mol. The number of aromatic nitrogens is 2. The summed E-state index contributed by atoms with van der Waals surface area (Å²) < 4.78 is 13.3. The lowest BCUT2D eigenvalue weighted by molar-refractivity contribution is 0.0697. The molecule has 8 nitrogen and oxygen atoms in total. The minimum atomic E-state index is -0.978. The number of anilines is 1. The molecule has 0 saturated carbocycles. The summed E-state index contributed by atoms with van der Waals surface area (Å²) in [6.07, 6.45) is 3.69. The van der Waals surface area contributed by atoms with Crippen LogP contribution in [0.3, 0.4) is 0 Å². The van der Waals surface area contributed by atoms with Crippen LogP contribution in [0.1, 0.15) is 33.8 Å². The Morgan fingerprint density at radius 1 is 0.878 bits per heavy atom. The third-order valence-electron chi connectivity index (χ3n) is 6.96. The molecular formula is C32H26N4O4S. The van der Waals surface area contributed by atoms with Crippen LogP contribution < -0.4 is 19.7 Å². The van der Waals surface area contributed by atoms with E-state index in [0.29, 0.717) is 16.6 Å². The summed E-state index contributed by atoms with van der Waals surface area (Å²) >= 11 is 5.88. The first-order valence-corrected chi connectivity index (χ1v) is 13.4. The fourth-order valence-corrected chi connectivity index (χ4v) is 5.39. The van der Waals surface area contributed by atoms with Crippen LogP contribution in [0.25, 0.3) is 5.69 Å². The van der Waals surface area contributed by atoms with Crippen LogP contribution in [0.5, 0.6) is 17.2 Å². The maximum Gasteiger partial charge on any atom is 0.335 e. The summed E-state index contributed by atoms with van der Waals surface area (Å²) in [5.74, 6) is 1.17. The summed E-state index contributed by atoms with van der Waals surface area (Å²) in [6, 6.07) is 31.3. The van der Waals surface area contributed by atoms with Gasteiger partial charge < -0.3 is 29.4 Å². The van der Waals surface area contributed by atoms with E-state index in [1.54, 1.807) is 31.5 Å². The standard InChI is InChI=1S/C32H26N4O4S/c1-39-24-14-16-26(17-15-24)40-25-12-10-22(11-13-25)36-30(29(34-32(36)41)27-8-2-3-18-33-27)28-9-5-19-35(28)23-7-4-6-21(20-23)31(37)38/h2-20,29-30H,1H3,(H,34,41)(H,37,38)/t29-,30+/m1/s1. The van der Waals surface area contributed by atoms with Gasteiger partial charge in [-0.15, -0.1) is 0 Å². The molecule has 1 aliphatic heterocycles. The Morgan fingerprint density at radius 2 is 1.61 bits per heavy atom. The summed E-state index contributed by atoms with van der Waals surface area (Å²) in [6.45, 7) is 0. The van der Waals surface area contributed by atoms with Crippen LogP contribution in [-0.4, -0.2) is 32.8 Å². The lowest BCUT2D eigenvalue weighted by atomic mass is 10.0. The molecule has 3 heterocycles. The van der Waals surface area contributed by atoms with Crippen molar-refractivity contribution in [2.75, 3.05) is 12.0 Å². The molecule has 3 aromatic carbocycles. The monoisotopic (exact) mass is 562 g/mol. The number of hydrogen-bond donors (Lipinski definition) is 2. The van der Waals surface area contributed by atoms with Gasteiger partial charge in [-0.05, 0) is 103 Å². The summed E-state index contributed by atoms with van der Waals surface area (Å²) in [4.78, 5) is 18.4. The van der Waals surface area contributed by atoms with Gasteiger partial charge in [-0.1, -0.05) is 12.1 Å². The molecule has 0 amide bonds. The maximum absolute atomic E-state index is 11.7. The van der Waals surface area contributed by atoms with Crippen molar-refractivity contribution < 1.29 is 19.4 Å². The van der Waals surface area contributed by atoms with Gasteiger partial charge in [0.1, 0.15) is 23.3 Å². The predicted molar refractivity (Wildman–Crippen MR) is 160 cm³/mol. The Labute approximate surface area is 242 Å². The molecule has 2 aromatic heterocycles. The summed E-state index contributed by atoms with van der Waals surface area (Å²) in [7, 11) is 1.63. The molecule has 5 aromatic rings. The quantitative estimate of drug-likeness (QED) is 0.206. The van der Waals surface area contributed by atoms with Gasteiger partial charge in [-0.3, -0.25) is 4.98 Å². The second-order valence-electron chi connectivity index (χ2n) is 9.43. The molecule has 204 valence electrons. The zero-order valence-corrected chi connectivity index (χ0v) is 22.9. The van der Waals surface area contributed by atoms with E-state index < -0.39 is 5.97 Å². The van der Waals surface area contributed by atoms with E-state index in [1.807, 2.05) is 95.7 Å². The van der Waals surface area contributed by atoms with Crippen LogP contribution in [0.2, 0.25) is 0 Å². The number of aromatic carboxylic acids is 1. The van der Waals surface area contributed by atoms with Crippen molar-refractivity contribution in [3.63, 3.8) is 0 Å². The third kappa shape index (κ3) is 5.22. The zero-order valence-electron chi connectivity index (χ0n) is 22.0. The van der Waals surface area contributed by atoms with E-state index in [-0.39, 0.29) is 17.6 Å². The van der Waals surface area contributed by atoms with Crippen molar-refractivity contribution in [1.29, 1.82) is 0 Å². The van der Waals surface area contributed by atoms with Crippen molar-refractivity contribution in [3.05, 3.63) is 132 Å². The van der Waals surface area contributed by atoms with Crippen molar-refractivity contribution in [1.82, 2.24) is 14.9 Å². The Bertz CT molecular complexity index is 1690. The Morgan fingerprint density at radius 3 is 2.29 bits per heavy atom. The summed E-state index contributed by atoms with van der Waals surface area (Å²) in [5, 5.41) is 13.6. The first kappa shape index (κ1) is 26.1. The van der Waals surface area contributed by atoms with E-state index >= 15 is 0 Å². The van der Waals surface area contributed by atoms with Gasteiger partial charge in [0.2, 0.25) is 0 Å². The third-order valence-corrected chi connectivity index (χ3v) is 7.28.